The summed E-state index contributed by atoms with van der Waals surface area (Å²) in [5.41, 5.74) is 0.457. The van der Waals surface area contributed by atoms with Gasteiger partial charge >= 0.3 is 5.97 Å². The molecule has 1 aromatic heterocycles. The summed E-state index contributed by atoms with van der Waals surface area (Å²) in [5, 5.41) is 12.0. The summed E-state index contributed by atoms with van der Waals surface area (Å²) >= 11 is 0. The van der Waals surface area contributed by atoms with Crippen molar-refractivity contribution in [2.75, 3.05) is 0 Å². The number of hydrogen-bond donors (Lipinski definition) is 2. The zero-order valence-corrected chi connectivity index (χ0v) is 8.04. The fourth-order valence-electron chi connectivity index (χ4n) is 1.25. The maximum atomic E-state index is 10.5. The van der Waals surface area contributed by atoms with E-state index in [9.17, 15) is 4.79 Å². The number of furan rings is 1. The van der Waals surface area contributed by atoms with E-state index in [0.717, 1.165) is 0 Å². The van der Waals surface area contributed by atoms with Gasteiger partial charge in [0, 0.05) is 5.54 Å². The lowest BCUT2D eigenvalue weighted by molar-refractivity contribution is 0.0696. The van der Waals surface area contributed by atoms with Crippen molar-refractivity contribution in [1.29, 1.82) is 0 Å². The molecule has 0 bridgehead atoms. The van der Waals surface area contributed by atoms with Crippen LogP contribution in [0.25, 0.3) is 0 Å². The molecule has 2 rings (SSSR count). The van der Waals surface area contributed by atoms with Crippen LogP contribution in [0, 0.1) is 0 Å². The molecule has 0 aromatic carbocycles. The third kappa shape index (κ3) is 1.96. The van der Waals surface area contributed by atoms with Gasteiger partial charge in [0.2, 0.25) is 0 Å². The van der Waals surface area contributed by atoms with Crippen molar-refractivity contribution in [1.82, 2.24) is 5.32 Å². The Labute approximate surface area is 81.9 Å². The Morgan fingerprint density at radius 3 is 2.93 bits per heavy atom. The van der Waals surface area contributed by atoms with Crippen molar-refractivity contribution in [3.05, 3.63) is 23.7 Å². The number of aromatic carboxylic acids is 1. The summed E-state index contributed by atoms with van der Waals surface area (Å²) in [5.74, 6) is -0.270. The van der Waals surface area contributed by atoms with Crippen LogP contribution in [-0.2, 0) is 6.54 Å². The summed E-state index contributed by atoms with van der Waals surface area (Å²) in [4.78, 5) is 10.5. The molecule has 1 aliphatic carbocycles. The Hall–Kier alpha value is -1.29. The summed E-state index contributed by atoms with van der Waals surface area (Å²) in [6.45, 7) is 2.75. The quantitative estimate of drug-likeness (QED) is 0.766. The predicted molar refractivity (Wildman–Crippen MR) is 50.1 cm³/mol. The van der Waals surface area contributed by atoms with Crippen LogP contribution in [0.15, 0.2) is 16.7 Å². The number of carboxylic acids is 1. The highest BCUT2D eigenvalue weighted by molar-refractivity contribution is 5.87. The first-order valence-corrected chi connectivity index (χ1v) is 4.65. The van der Waals surface area contributed by atoms with E-state index in [2.05, 4.69) is 12.2 Å². The van der Waals surface area contributed by atoms with Gasteiger partial charge in [-0.2, -0.15) is 0 Å². The van der Waals surface area contributed by atoms with Crippen LogP contribution in [0.1, 0.15) is 35.9 Å². The molecule has 1 aliphatic rings. The number of carboxylic acid groups (broad SMARTS) is 1. The van der Waals surface area contributed by atoms with Crippen LogP contribution in [0.4, 0.5) is 0 Å². The van der Waals surface area contributed by atoms with Crippen LogP contribution in [0.5, 0.6) is 0 Å². The highest BCUT2D eigenvalue weighted by Crippen LogP contribution is 2.34. The fraction of sp³-hybridized carbons (Fsp3) is 0.500. The molecule has 1 saturated carbocycles. The van der Waals surface area contributed by atoms with E-state index >= 15 is 0 Å². The number of rotatable bonds is 4. The monoisotopic (exact) mass is 195 g/mol. The lowest BCUT2D eigenvalue weighted by Crippen LogP contribution is -2.26. The lowest BCUT2D eigenvalue weighted by Gasteiger charge is -2.08. The van der Waals surface area contributed by atoms with Crippen LogP contribution >= 0.6 is 0 Å². The third-order valence-electron chi connectivity index (χ3n) is 2.59. The smallest absolute Gasteiger partial charge is 0.338 e. The Morgan fingerprint density at radius 1 is 1.71 bits per heavy atom. The molecule has 0 saturated heterocycles. The molecule has 0 radical (unpaired) electrons. The van der Waals surface area contributed by atoms with E-state index in [-0.39, 0.29) is 11.1 Å². The van der Waals surface area contributed by atoms with Gasteiger partial charge in [0.25, 0.3) is 0 Å². The minimum Gasteiger partial charge on any atom is -0.478 e. The van der Waals surface area contributed by atoms with Gasteiger partial charge in [0.1, 0.15) is 12.0 Å². The standard InChI is InChI=1S/C10H13NO3/c1-10(2-3-10)11-5-8-4-7(6-14-8)9(12)13/h4,6,11H,2-3,5H2,1H3,(H,12,13). The van der Waals surface area contributed by atoms with Crippen molar-refractivity contribution in [2.24, 2.45) is 0 Å². The molecule has 0 atom stereocenters. The Morgan fingerprint density at radius 2 is 2.43 bits per heavy atom. The normalized spacial score (nSPS) is 18.1. The first-order valence-electron chi connectivity index (χ1n) is 4.65. The Bertz CT molecular complexity index is 352. The highest BCUT2D eigenvalue weighted by Gasteiger charge is 2.36. The van der Waals surface area contributed by atoms with Gasteiger partial charge in [-0.05, 0) is 25.8 Å². The minimum atomic E-state index is -0.947. The molecule has 1 aromatic rings. The topological polar surface area (TPSA) is 62.5 Å². The first kappa shape index (κ1) is 9.27. The number of carbonyl (C=O) groups is 1. The van der Waals surface area contributed by atoms with Gasteiger partial charge in [-0.3, -0.25) is 0 Å². The van der Waals surface area contributed by atoms with Crippen molar-refractivity contribution >= 4 is 5.97 Å². The third-order valence-corrected chi connectivity index (χ3v) is 2.59. The van der Waals surface area contributed by atoms with Crippen LogP contribution in [0.2, 0.25) is 0 Å². The largest absolute Gasteiger partial charge is 0.478 e. The SMILES string of the molecule is CC1(NCc2cc(C(=O)O)co2)CC1. The summed E-state index contributed by atoms with van der Waals surface area (Å²) in [6, 6.07) is 1.56. The molecule has 0 amide bonds. The number of hydrogen-bond acceptors (Lipinski definition) is 3. The zero-order valence-electron chi connectivity index (χ0n) is 8.04. The lowest BCUT2D eigenvalue weighted by atomic mass is 10.3. The maximum absolute atomic E-state index is 10.5. The highest BCUT2D eigenvalue weighted by atomic mass is 16.4. The second-order valence-corrected chi connectivity index (χ2v) is 4.02. The van der Waals surface area contributed by atoms with Gasteiger partial charge in [-0.1, -0.05) is 0 Å². The molecular formula is C10H13NO3. The molecule has 0 spiro atoms. The fourth-order valence-corrected chi connectivity index (χ4v) is 1.25. The second kappa shape index (κ2) is 3.13. The van der Waals surface area contributed by atoms with Crippen LogP contribution < -0.4 is 5.32 Å². The van der Waals surface area contributed by atoms with Gasteiger partial charge in [0.05, 0.1) is 12.1 Å². The molecular weight excluding hydrogens is 182 g/mol. The Kier molecular flexibility index (Phi) is 2.07. The van der Waals surface area contributed by atoms with Gasteiger partial charge in [0.15, 0.2) is 0 Å². The van der Waals surface area contributed by atoms with Gasteiger partial charge < -0.3 is 14.8 Å². The molecule has 1 fully saturated rings. The average Bonchev–Trinajstić information content (AvgIpc) is 2.68. The van der Waals surface area contributed by atoms with Crippen LogP contribution in [-0.4, -0.2) is 16.6 Å². The van der Waals surface area contributed by atoms with Crippen LogP contribution in [0.3, 0.4) is 0 Å². The minimum absolute atomic E-state index is 0.211. The second-order valence-electron chi connectivity index (χ2n) is 4.02. The Balaban J connectivity index is 1.93. The molecule has 4 nitrogen and oxygen atoms in total. The molecule has 76 valence electrons. The van der Waals surface area contributed by atoms with Gasteiger partial charge in [-0.25, -0.2) is 4.79 Å². The average molecular weight is 195 g/mol. The molecule has 0 unspecified atom stereocenters. The van der Waals surface area contributed by atoms with E-state index in [1.165, 1.54) is 19.1 Å². The van der Waals surface area contributed by atoms with Gasteiger partial charge in [-0.15, -0.1) is 0 Å². The zero-order chi connectivity index (χ0) is 10.2. The van der Waals surface area contributed by atoms with E-state index in [1.807, 2.05) is 0 Å². The van der Waals surface area contributed by atoms with E-state index in [1.54, 1.807) is 6.07 Å². The molecule has 2 N–H and O–H groups in total. The van der Waals surface area contributed by atoms with Crippen molar-refractivity contribution in [3.8, 4) is 0 Å². The molecule has 14 heavy (non-hydrogen) atoms. The maximum Gasteiger partial charge on any atom is 0.338 e. The van der Waals surface area contributed by atoms with Crippen molar-refractivity contribution < 1.29 is 14.3 Å². The molecule has 4 heteroatoms. The molecule has 0 aliphatic heterocycles. The van der Waals surface area contributed by atoms with Crippen molar-refractivity contribution in [3.63, 3.8) is 0 Å². The molecule has 1 heterocycles. The first-order chi connectivity index (χ1) is 6.59. The van der Waals surface area contributed by atoms with E-state index < -0.39 is 5.97 Å². The van der Waals surface area contributed by atoms with E-state index in [0.29, 0.717) is 12.3 Å². The summed E-state index contributed by atoms with van der Waals surface area (Å²) < 4.78 is 5.11. The van der Waals surface area contributed by atoms with E-state index in [4.69, 9.17) is 9.52 Å². The predicted octanol–water partition coefficient (Wildman–Crippen LogP) is 1.62. The van der Waals surface area contributed by atoms with Crippen molar-refractivity contribution in [2.45, 2.75) is 31.8 Å². The summed E-state index contributed by atoms with van der Waals surface area (Å²) in [7, 11) is 0. The summed E-state index contributed by atoms with van der Waals surface area (Å²) in [6.07, 6.45) is 3.63. The number of nitrogens with one attached hydrogen (secondary N) is 1.